The van der Waals surface area contributed by atoms with E-state index in [9.17, 15) is 29.7 Å². The van der Waals surface area contributed by atoms with E-state index >= 15 is 0 Å². The Morgan fingerprint density at radius 3 is 2.33 bits per heavy atom. The first-order valence-corrected chi connectivity index (χ1v) is 7.48. The number of aromatic hydroxyl groups is 2. The van der Waals surface area contributed by atoms with E-state index in [1.807, 2.05) is 13.8 Å². The lowest BCUT2D eigenvalue weighted by atomic mass is 10.00. The molecule has 0 radical (unpaired) electrons. The van der Waals surface area contributed by atoms with Crippen LogP contribution in [-0.4, -0.2) is 31.6 Å². The second-order valence-electron chi connectivity index (χ2n) is 6.18. The molecule has 0 fully saturated rings. The summed E-state index contributed by atoms with van der Waals surface area (Å²) in [5.74, 6) is -2.40. The number of aromatic nitrogens is 1. The maximum absolute atomic E-state index is 12.7. The van der Waals surface area contributed by atoms with Gasteiger partial charge in [0.1, 0.15) is 17.5 Å². The zero-order chi connectivity index (χ0) is 18.2. The third-order valence-electron chi connectivity index (χ3n) is 3.80. The lowest BCUT2D eigenvalue weighted by Gasteiger charge is -2.20. The van der Waals surface area contributed by atoms with Gasteiger partial charge in [0.25, 0.3) is 5.56 Å². The van der Waals surface area contributed by atoms with Crippen LogP contribution in [0.25, 0.3) is 10.8 Å². The zero-order valence-electron chi connectivity index (χ0n) is 13.6. The summed E-state index contributed by atoms with van der Waals surface area (Å²) >= 11 is 0. The van der Waals surface area contributed by atoms with E-state index in [0.717, 1.165) is 10.6 Å². The van der Waals surface area contributed by atoms with Gasteiger partial charge in [0.15, 0.2) is 5.78 Å². The smallest absolute Gasteiger partial charge is 0.326 e. The number of carbonyl (C=O) groups is 2. The molecule has 0 amide bonds. The summed E-state index contributed by atoms with van der Waals surface area (Å²) in [5.41, 5.74) is -0.661. The fraction of sp³-hybridized carbons (Fsp3) is 0.353. The Bertz CT molecular complexity index is 881. The van der Waals surface area contributed by atoms with Crippen molar-refractivity contribution in [2.75, 3.05) is 0 Å². The van der Waals surface area contributed by atoms with E-state index < -0.39 is 29.1 Å². The summed E-state index contributed by atoms with van der Waals surface area (Å²) in [5, 5.41) is 29.0. The number of benzene rings is 1. The van der Waals surface area contributed by atoms with Gasteiger partial charge in [0.2, 0.25) is 0 Å². The number of phenolic OH excluding ortho intramolecular Hbond substituents is 2. The largest absolute Gasteiger partial charge is 0.508 e. The normalized spacial score (nSPS) is 12.5. The van der Waals surface area contributed by atoms with Crippen LogP contribution < -0.4 is 5.56 Å². The molecule has 1 atom stereocenters. The predicted octanol–water partition coefficient (Wildman–Crippen LogP) is 2.29. The van der Waals surface area contributed by atoms with Gasteiger partial charge in [-0.1, -0.05) is 13.8 Å². The fourth-order valence-electron chi connectivity index (χ4n) is 2.74. The van der Waals surface area contributed by atoms with Crippen LogP contribution in [0, 0.1) is 5.92 Å². The number of aliphatic carboxylic acids is 1. The number of carbonyl (C=O) groups excluding carboxylic acids is 1. The quantitative estimate of drug-likeness (QED) is 0.723. The highest BCUT2D eigenvalue weighted by atomic mass is 16.4. The van der Waals surface area contributed by atoms with Gasteiger partial charge in [-0.3, -0.25) is 14.2 Å². The minimum absolute atomic E-state index is 0.00268. The Labute approximate surface area is 137 Å². The Morgan fingerprint density at radius 1 is 1.21 bits per heavy atom. The maximum Gasteiger partial charge on any atom is 0.326 e. The van der Waals surface area contributed by atoms with Crippen LogP contribution in [0.15, 0.2) is 23.1 Å². The van der Waals surface area contributed by atoms with Crippen molar-refractivity contribution in [2.24, 2.45) is 5.92 Å². The Balaban J connectivity index is 2.90. The average Bonchev–Trinajstić information content (AvgIpc) is 2.44. The van der Waals surface area contributed by atoms with E-state index in [1.54, 1.807) is 0 Å². The molecule has 2 aromatic rings. The van der Waals surface area contributed by atoms with Crippen molar-refractivity contribution < 1.29 is 24.9 Å². The average molecular weight is 333 g/mol. The lowest BCUT2D eigenvalue weighted by Crippen LogP contribution is -2.31. The number of rotatable bonds is 5. The number of nitrogens with zero attached hydrogens (tertiary/aromatic N) is 1. The monoisotopic (exact) mass is 333 g/mol. The molecule has 3 N–H and O–H groups in total. The molecule has 0 saturated carbocycles. The predicted molar refractivity (Wildman–Crippen MR) is 87.7 cm³/mol. The number of carboxylic acids is 1. The molecular weight excluding hydrogens is 314 g/mol. The molecule has 1 aromatic heterocycles. The summed E-state index contributed by atoms with van der Waals surface area (Å²) in [4.78, 5) is 36.2. The van der Waals surface area contributed by atoms with Crippen molar-refractivity contribution in [3.05, 3.63) is 34.2 Å². The van der Waals surface area contributed by atoms with Gasteiger partial charge >= 0.3 is 5.97 Å². The maximum atomic E-state index is 12.7. The van der Waals surface area contributed by atoms with Crippen LogP contribution in [0.1, 0.15) is 43.6 Å². The van der Waals surface area contributed by atoms with Crippen LogP contribution >= 0.6 is 0 Å². The van der Waals surface area contributed by atoms with Crippen molar-refractivity contribution in [1.29, 1.82) is 0 Å². The summed E-state index contributed by atoms with van der Waals surface area (Å²) < 4.78 is 0.970. The molecule has 1 aromatic carbocycles. The summed E-state index contributed by atoms with van der Waals surface area (Å²) in [6.45, 7) is 4.91. The second kappa shape index (κ2) is 6.35. The van der Waals surface area contributed by atoms with Crippen molar-refractivity contribution >= 4 is 22.5 Å². The van der Waals surface area contributed by atoms with E-state index in [2.05, 4.69) is 0 Å². The van der Waals surface area contributed by atoms with Crippen molar-refractivity contribution in [3.8, 4) is 11.5 Å². The first kappa shape index (κ1) is 17.5. The third kappa shape index (κ3) is 3.10. The number of phenols is 2. The summed E-state index contributed by atoms with van der Waals surface area (Å²) in [7, 11) is 0. The number of hydrogen-bond donors (Lipinski definition) is 3. The minimum atomic E-state index is -1.20. The van der Waals surface area contributed by atoms with Gasteiger partial charge in [0, 0.05) is 23.2 Å². The highest BCUT2D eigenvalue weighted by Gasteiger charge is 2.25. The van der Waals surface area contributed by atoms with Crippen molar-refractivity contribution in [3.63, 3.8) is 0 Å². The Morgan fingerprint density at radius 2 is 1.83 bits per heavy atom. The molecule has 1 heterocycles. The topological polar surface area (TPSA) is 117 Å². The standard InChI is InChI=1S/C17H19NO6/c1-8(2)4-13(17(23)24)18-7-12(9(3)19)11-5-10(20)6-14(21)15(11)16(18)22/h5-8,13,20-21H,4H2,1-3H3,(H,23,24). The number of Topliss-reactive ketones (excluding diaryl/α,β-unsaturated/α-hetero) is 1. The highest BCUT2D eigenvalue weighted by molar-refractivity contribution is 6.08. The third-order valence-corrected chi connectivity index (χ3v) is 3.80. The van der Waals surface area contributed by atoms with Gasteiger partial charge in [0.05, 0.1) is 5.39 Å². The summed E-state index contributed by atoms with van der Waals surface area (Å²) in [6, 6.07) is 1.03. The lowest BCUT2D eigenvalue weighted by molar-refractivity contribution is -0.141. The van der Waals surface area contributed by atoms with Gasteiger partial charge in [-0.05, 0) is 25.3 Å². The van der Waals surface area contributed by atoms with Crippen molar-refractivity contribution in [2.45, 2.75) is 33.2 Å². The molecule has 1 unspecified atom stereocenters. The molecule has 7 nitrogen and oxygen atoms in total. The molecule has 24 heavy (non-hydrogen) atoms. The van der Waals surface area contributed by atoms with Gasteiger partial charge in [-0.2, -0.15) is 0 Å². The number of ketones is 1. The number of hydrogen-bond acceptors (Lipinski definition) is 5. The number of pyridine rings is 1. The fourth-order valence-corrected chi connectivity index (χ4v) is 2.74. The zero-order valence-corrected chi connectivity index (χ0v) is 13.6. The Kier molecular flexibility index (Phi) is 4.64. The second-order valence-corrected chi connectivity index (χ2v) is 6.18. The molecule has 0 spiro atoms. The highest BCUT2D eigenvalue weighted by Crippen LogP contribution is 2.31. The van der Waals surface area contributed by atoms with Crippen LogP contribution in [0.2, 0.25) is 0 Å². The molecule has 0 aliphatic heterocycles. The first-order chi connectivity index (χ1) is 11.1. The van der Waals surface area contributed by atoms with Crippen LogP contribution in [0.4, 0.5) is 0 Å². The molecule has 0 saturated heterocycles. The summed E-state index contributed by atoms with van der Waals surface area (Å²) in [6.07, 6.45) is 1.38. The van der Waals surface area contributed by atoms with Crippen LogP contribution in [-0.2, 0) is 4.79 Å². The van der Waals surface area contributed by atoms with E-state index in [1.165, 1.54) is 19.2 Å². The first-order valence-electron chi connectivity index (χ1n) is 7.48. The van der Waals surface area contributed by atoms with E-state index in [-0.39, 0.29) is 34.4 Å². The van der Waals surface area contributed by atoms with Gasteiger partial charge in [-0.25, -0.2) is 4.79 Å². The Hall–Kier alpha value is -2.83. The molecule has 0 bridgehead atoms. The van der Waals surface area contributed by atoms with Crippen molar-refractivity contribution in [1.82, 2.24) is 4.57 Å². The SMILES string of the molecule is CC(=O)c1cn(C(CC(C)C)C(=O)O)c(=O)c2c(O)cc(O)cc12. The molecular formula is C17H19NO6. The molecule has 128 valence electrons. The van der Waals surface area contributed by atoms with E-state index in [0.29, 0.717) is 0 Å². The van der Waals surface area contributed by atoms with Gasteiger partial charge in [-0.15, -0.1) is 0 Å². The molecule has 2 rings (SSSR count). The number of carboxylic acid groups (broad SMARTS) is 1. The van der Waals surface area contributed by atoms with E-state index in [4.69, 9.17) is 0 Å². The number of fused-ring (bicyclic) bond motifs is 1. The van der Waals surface area contributed by atoms with Crippen LogP contribution in [0.5, 0.6) is 11.5 Å². The molecule has 0 aliphatic rings. The molecule has 7 heteroatoms. The van der Waals surface area contributed by atoms with Crippen LogP contribution in [0.3, 0.4) is 0 Å². The molecule has 0 aliphatic carbocycles. The minimum Gasteiger partial charge on any atom is -0.508 e. The van der Waals surface area contributed by atoms with Gasteiger partial charge < -0.3 is 15.3 Å².